The molecule has 0 atom stereocenters. The van der Waals surface area contributed by atoms with Crippen LogP contribution in [-0.2, 0) is 6.54 Å². The number of hydrogen-bond acceptors (Lipinski definition) is 2. The van der Waals surface area contributed by atoms with Crippen LogP contribution in [0.5, 0.6) is 0 Å². The smallest absolute Gasteiger partial charge is 0.0206 e. The Morgan fingerprint density at radius 1 is 1.13 bits per heavy atom. The Bertz CT molecular complexity index is 246. The van der Waals surface area contributed by atoms with E-state index in [4.69, 9.17) is 0 Å². The van der Waals surface area contributed by atoms with Crippen molar-refractivity contribution in [2.45, 2.75) is 19.9 Å². The quantitative estimate of drug-likeness (QED) is 0.687. The van der Waals surface area contributed by atoms with Crippen LogP contribution in [0.3, 0.4) is 0 Å². The molecule has 0 heterocycles. The highest BCUT2D eigenvalue weighted by atomic mass is 15.1. The first-order chi connectivity index (χ1) is 7.33. The number of nitrogens with zero attached hydrogens (tertiary/aromatic N) is 1. The van der Waals surface area contributed by atoms with E-state index in [1.165, 1.54) is 18.5 Å². The molecule has 2 nitrogen and oxygen atoms in total. The Balaban J connectivity index is 2.07. The van der Waals surface area contributed by atoms with E-state index < -0.39 is 0 Å². The standard InChI is InChI=1S/C13H22N2/c1-3-10-15(2)11-9-14-12-13-7-5-4-6-8-13/h4-8,14H,3,9-12H2,1-2H3. The highest BCUT2D eigenvalue weighted by Crippen LogP contribution is 1.96. The van der Waals surface area contributed by atoms with Crippen molar-refractivity contribution in [3.63, 3.8) is 0 Å². The van der Waals surface area contributed by atoms with Gasteiger partial charge in [0.2, 0.25) is 0 Å². The van der Waals surface area contributed by atoms with Crippen LogP contribution in [0.15, 0.2) is 30.3 Å². The van der Waals surface area contributed by atoms with Gasteiger partial charge >= 0.3 is 0 Å². The number of nitrogens with one attached hydrogen (secondary N) is 1. The Labute approximate surface area is 93.3 Å². The second-order valence-corrected chi connectivity index (χ2v) is 3.97. The van der Waals surface area contributed by atoms with Crippen molar-refractivity contribution in [2.24, 2.45) is 0 Å². The lowest BCUT2D eigenvalue weighted by atomic mass is 10.2. The first kappa shape index (κ1) is 12.2. The van der Waals surface area contributed by atoms with Gasteiger partial charge in [0, 0.05) is 19.6 Å². The van der Waals surface area contributed by atoms with Crippen molar-refractivity contribution in [1.82, 2.24) is 10.2 Å². The summed E-state index contributed by atoms with van der Waals surface area (Å²) in [7, 11) is 2.17. The molecule has 0 saturated carbocycles. The summed E-state index contributed by atoms with van der Waals surface area (Å²) in [4.78, 5) is 2.36. The van der Waals surface area contributed by atoms with Crippen LogP contribution in [0.1, 0.15) is 18.9 Å². The molecule has 84 valence electrons. The minimum Gasteiger partial charge on any atom is -0.311 e. The van der Waals surface area contributed by atoms with Crippen LogP contribution in [-0.4, -0.2) is 31.6 Å². The molecule has 0 bridgehead atoms. The average molecular weight is 206 g/mol. The van der Waals surface area contributed by atoms with E-state index in [0.29, 0.717) is 0 Å². The number of likely N-dealkylation sites (N-methyl/N-ethyl adjacent to an activating group) is 1. The average Bonchev–Trinajstić information content (AvgIpc) is 2.26. The predicted octanol–water partition coefficient (Wildman–Crippen LogP) is 2.12. The molecule has 0 amide bonds. The van der Waals surface area contributed by atoms with Gasteiger partial charge in [0.15, 0.2) is 0 Å². The monoisotopic (exact) mass is 206 g/mol. The molecule has 0 aliphatic rings. The lowest BCUT2D eigenvalue weighted by Crippen LogP contribution is -2.29. The largest absolute Gasteiger partial charge is 0.311 e. The lowest BCUT2D eigenvalue weighted by molar-refractivity contribution is 0.332. The lowest BCUT2D eigenvalue weighted by Gasteiger charge is -2.15. The topological polar surface area (TPSA) is 15.3 Å². The van der Waals surface area contributed by atoms with Gasteiger partial charge in [-0.3, -0.25) is 0 Å². The second-order valence-electron chi connectivity index (χ2n) is 3.97. The third kappa shape index (κ3) is 5.55. The van der Waals surface area contributed by atoms with Gasteiger partial charge in [-0.1, -0.05) is 37.3 Å². The summed E-state index contributed by atoms with van der Waals surface area (Å²) in [5.74, 6) is 0. The van der Waals surface area contributed by atoms with Gasteiger partial charge in [-0.05, 0) is 25.6 Å². The van der Waals surface area contributed by atoms with E-state index in [-0.39, 0.29) is 0 Å². The Kier molecular flexibility index (Phi) is 6.05. The molecule has 1 aromatic rings. The minimum atomic E-state index is 0.973. The molecule has 0 spiro atoms. The van der Waals surface area contributed by atoms with Crippen molar-refractivity contribution >= 4 is 0 Å². The Morgan fingerprint density at radius 2 is 1.87 bits per heavy atom. The molecule has 0 aliphatic heterocycles. The van der Waals surface area contributed by atoms with Crippen LogP contribution in [0.25, 0.3) is 0 Å². The maximum atomic E-state index is 3.45. The van der Waals surface area contributed by atoms with Gasteiger partial charge in [0.05, 0.1) is 0 Å². The predicted molar refractivity (Wildman–Crippen MR) is 65.9 cm³/mol. The fourth-order valence-electron chi connectivity index (χ4n) is 1.59. The fraction of sp³-hybridized carbons (Fsp3) is 0.538. The fourth-order valence-corrected chi connectivity index (χ4v) is 1.59. The van der Waals surface area contributed by atoms with Crippen molar-refractivity contribution in [2.75, 3.05) is 26.7 Å². The van der Waals surface area contributed by atoms with Gasteiger partial charge < -0.3 is 10.2 Å². The van der Waals surface area contributed by atoms with Crippen LogP contribution >= 0.6 is 0 Å². The minimum absolute atomic E-state index is 0.973. The number of hydrogen-bond donors (Lipinski definition) is 1. The molecular formula is C13H22N2. The van der Waals surface area contributed by atoms with E-state index in [1.807, 2.05) is 0 Å². The zero-order valence-electron chi connectivity index (χ0n) is 9.87. The zero-order chi connectivity index (χ0) is 10.9. The van der Waals surface area contributed by atoms with E-state index in [9.17, 15) is 0 Å². The summed E-state index contributed by atoms with van der Waals surface area (Å²) in [6, 6.07) is 10.5. The summed E-state index contributed by atoms with van der Waals surface area (Å²) in [5.41, 5.74) is 1.36. The molecule has 0 fully saturated rings. The van der Waals surface area contributed by atoms with Gasteiger partial charge in [0.1, 0.15) is 0 Å². The molecule has 2 heteroatoms. The molecule has 0 aromatic heterocycles. The molecule has 0 saturated heterocycles. The highest BCUT2D eigenvalue weighted by molar-refractivity contribution is 5.14. The maximum absolute atomic E-state index is 3.45. The normalized spacial score (nSPS) is 10.9. The summed E-state index contributed by atoms with van der Waals surface area (Å²) in [6.07, 6.45) is 1.23. The van der Waals surface area contributed by atoms with Gasteiger partial charge in [0.25, 0.3) is 0 Å². The highest BCUT2D eigenvalue weighted by Gasteiger charge is 1.95. The van der Waals surface area contributed by atoms with Crippen molar-refractivity contribution in [3.8, 4) is 0 Å². The van der Waals surface area contributed by atoms with Gasteiger partial charge in [-0.2, -0.15) is 0 Å². The number of benzene rings is 1. The first-order valence-corrected chi connectivity index (χ1v) is 5.76. The van der Waals surface area contributed by atoms with Gasteiger partial charge in [-0.15, -0.1) is 0 Å². The summed E-state index contributed by atoms with van der Waals surface area (Å²) < 4.78 is 0. The second kappa shape index (κ2) is 7.43. The Hall–Kier alpha value is -0.860. The first-order valence-electron chi connectivity index (χ1n) is 5.76. The van der Waals surface area contributed by atoms with E-state index in [0.717, 1.165) is 19.6 Å². The molecule has 0 aliphatic carbocycles. The molecule has 1 aromatic carbocycles. The third-order valence-corrected chi connectivity index (χ3v) is 2.45. The Morgan fingerprint density at radius 3 is 2.53 bits per heavy atom. The summed E-state index contributed by atoms with van der Waals surface area (Å²) in [5, 5.41) is 3.45. The van der Waals surface area contributed by atoms with Crippen LogP contribution in [0.2, 0.25) is 0 Å². The van der Waals surface area contributed by atoms with Crippen molar-refractivity contribution < 1.29 is 0 Å². The zero-order valence-corrected chi connectivity index (χ0v) is 9.87. The number of rotatable bonds is 7. The van der Waals surface area contributed by atoms with Crippen molar-refractivity contribution in [3.05, 3.63) is 35.9 Å². The van der Waals surface area contributed by atoms with Crippen LogP contribution < -0.4 is 5.32 Å². The van der Waals surface area contributed by atoms with Gasteiger partial charge in [-0.25, -0.2) is 0 Å². The molecule has 15 heavy (non-hydrogen) atoms. The van der Waals surface area contributed by atoms with Crippen molar-refractivity contribution in [1.29, 1.82) is 0 Å². The molecule has 0 radical (unpaired) electrons. The SMILES string of the molecule is CCCN(C)CCNCc1ccccc1. The summed E-state index contributed by atoms with van der Waals surface area (Å²) in [6.45, 7) is 6.56. The molecule has 1 N–H and O–H groups in total. The van der Waals surface area contributed by atoms with Crippen LogP contribution in [0, 0.1) is 0 Å². The van der Waals surface area contributed by atoms with E-state index in [1.54, 1.807) is 0 Å². The van der Waals surface area contributed by atoms with Crippen LogP contribution in [0.4, 0.5) is 0 Å². The van der Waals surface area contributed by atoms with E-state index >= 15 is 0 Å². The summed E-state index contributed by atoms with van der Waals surface area (Å²) >= 11 is 0. The van der Waals surface area contributed by atoms with E-state index in [2.05, 4.69) is 54.5 Å². The molecule has 0 unspecified atom stereocenters. The molecule has 1 rings (SSSR count). The maximum Gasteiger partial charge on any atom is 0.0206 e. The third-order valence-electron chi connectivity index (χ3n) is 2.45. The molecular weight excluding hydrogens is 184 g/mol.